The lowest BCUT2D eigenvalue weighted by Crippen LogP contribution is -2.14. The zero-order chi connectivity index (χ0) is 20.1. The number of benzene rings is 2. The maximum Gasteiger partial charge on any atom is 0.257 e. The van der Waals surface area contributed by atoms with Gasteiger partial charge in [-0.1, -0.05) is 62.7 Å². The number of carbonyl (C=O) groups is 1. The van der Waals surface area contributed by atoms with Gasteiger partial charge < -0.3 is 10.6 Å². The van der Waals surface area contributed by atoms with Crippen LogP contribution in [0.5, 0.6) is 0 Å². The van der Waals surface area contributed by atoms with Crippen LogP contribution in [0.2, 0.25) is 0 Å². The molecule has 0 atom stereocenters. The molecule has 0 saturated heterocycles. The van der Waals surface area contributed by atoms with E-state index in [1.807, 2.05) is 36.4 Å². The topological polar surface area (TPSA) is 54.0 Å². The van der Waals surface area contributed by atoms with Crippen molar-refractivity contribution in [3.8, 4) is 0 Å². The second-order valence-electron chi connectivity index (χ2n) is 8.09. The zero-order valence-corrected chi connectivity index (χ0v) is 16.9. The van der Waals surface area contributed by atoms with Crippen LogP contribution in [0.25, 0.3) is 0 Å². The lowest BCUT2D eigenvalue weighted by Gasteiger charge is -2.19. The molecular weight excluding hydrogens is 346 g/mol. The number of aromatic nitrogens is 1. The van der Waals surface area contributed by atoms with Gasteiger partial charge in [-0.25, -0.2) is 0 Å². The number of nitrogens with one attached hydrogen (secondary N) is 2. The van der Waals surface area contributed by atoms with E-state index in [4.69, 9.17) is 0 Å². The van der Waals surface area contributed by atoms with E-state index < -0.39 is 0 Å². The Morgan fingerprint density at radius 3 is 2.39 bits per heavy atom. The van der Waals surface area contributed by atoms with E-state index in [1.165, 1.54) is 16.7 Å². The van der Waals surface area contributed by atoms with E-state index in [-0.39, 0.29) is 11.3 Å². The number of carbonyl (C=O) groups excluding carboxylic acids is 1. The molecule has 3 aromatic rings. The Morgan fingerprint density at radius 2 is 1.71 bits per heavy atom. The molecule has 2 N–H and O–H groups in total. The Hall–Kier alpha value is -3.14. The molecule has 2 aromatic carbocycles. The summed E-state index contributed by atoms with van der Waals surface area (Å²) < 4.78 is 0. The van der Waals surface area contributed by atoms with Gasteiger partial charge in [0.2, 0.25) is 0 Å². The number of hydrogen-bond acceptors (Lipinski definition) is 3. The molecule has 0 spiro atoms. The van der Waals surface area contributed by atoms with Gasteiger partial charge in [0.1, 0.15) is 0 Å². The normalized spacial score (nSPS) is 11.1. The van der Waals surface area contributed by atoms with Crippen LogP contribution in [0.4, 0.5) is 11.4 Å². The first-order chi connectivity index (χ1) is 13.3. The van der Waals surface area contributed by atoms with Gasteiger partial charge in [0.15, 0.2) is 0 Å². The van der Waals surface area contributed by atoms with Gasteiger partial charge in [-0.05, 0) is 41.7 Å². The van der Waals surface area contributed by atoms with Crippen LogP contribution in [-0.4, -0.2) is 10.9 Å². The van der Waals surface area contributed by atoms with E-state index in [0.717, 1.165) is 11.4 Å². The fourth-order valence-corrected chi connectivity index (χ4v) is 2.94. The summed E-state index contributed by atoms with van der Waals surface area (Å²) in [5, 5.41) is 6.27. The third-order valence-electron chi connectivity index (χ3n) is 4.59. The Labute approximate surface area is 167 Å². The molecule has 0 saturated carbocycles. The van der Waals surface area contributed by atoms with E-state index >= 15 is 0 Å². The Kier molecular flexibility index (Phi) is 5.78. The lowest BCUT2D eigenvalue weighted by molar-refractivity contribution is 0.102. The fraction of sp³-hybridized carbons (Fsp3) is 0.250. The molecule has 0 aliphatic rings. The second-order valence-corrected chi connectivity index (χ2v) is 8.09. The summed E-state index contributed by atoms with van der Waals surface area (Å²) in [6, 6.07) is 18.1. The molecule has 1 heterocycles. The highest BCUT2D eigenvalue weighted by atomic mass is 16.1. The maximum atomic E-state index is 12.6. The smallest absolute Gasteiger partial charge is 0.257 e. The number of rotatable bonds is 5. The summed E-state index contributed by atoms with van der Waals surface area (Å²) in [5.41, 5.74) is 5.85. The SMILES string of the molecule is Cc1cccc(CNc2cncc(C(=O)Nc3ccc(C(C)(C)C)cc3)c2)c1. The standard InChI is InChI=1S/C24H27N3O/c1-17-6-5-7-18(12-17)14-26-22-13-19(15-25-16-22)23(28)27-21-10-8-20(9-11-21)24(2,3)4/h5-13,15-16,26H,14H2,1-4H3,(H,27,28). The van der Waals surface area contributed by atoms with Crippen molar-refractivity contribution in [3.05, 3.63) is 89.2 Å². The van der Waals surface area contributed by atoms with Gasteiger partial charge in [-0.2, -0.15) is 0 Å². The summed E-state index contributed by atoms with van der Waals surface area (Å²) in [6.45, 7) is 9.26. The Balaban J connectivity index is 1.65. The van der Waals surface area contributed by atoms with E-state index in [1.54, 1.807) is 12.4 Å². The van der Waals surface area contributed by atoms with Crippen LogP contribution in [0, 0.1) is 6.92 Å². The summed E-state index contributed by atoms with van der Waals surface area (Å²) in [6.07, 6.45) is 3.31. The van der Waals surface area contributed by atoms with Crippen molar-refractivity contribution >= 4 is 17.3 Å². The third-order valence-corrected chi connectivity index (χ3v) is 4.59. The average molecular weight is 374 g/mol. The predicted molar refractivity (Wildman–Crippen MR) is 116 cm³/mol. The van der Waals surface area contributed by atoms with Crippen molar-refractivity contribution < 1.29 is 4.79 Å². The Bertz CT molecular complexity index is 956. The Morgan fingerprint density at radius 1 is 0.964 bits per heavy atom. The fourth-order valence-electron chi connectivity index (χ4n) is 2.94. The molecule has 3 rings (SSSR count). The molecule has 0 bridgehead atoms. The molecule has 0 unspecified atom stereocenters. The first-order valence-electron chi connectivity index (χ1n) is 9.48. The average Bonchev–Trinajstić information content (AvgIpc) is 2.66. The maximum absolute atomic E-state index is 12.6. The van der Waals surface area contributed by atoms with Crippen LogP contribution in [0.3, 0.4) is 0 Å². The summed E-state index contributed by atoms with van der Waals surface area (Å²) in [4.78, 5) is 16.8. The molecule has 28 heavy (non-hydrogen) atoms. The van der Waals surface area contributed by atoms with Crippen LogP contribution in [0.15, 0.2) is 67.0 Å². The number of anilines is 2. The van der Waals surface area contributed by atoms with Gasteiger partial charge >= 0.3 is 0 Å². The van der Waals surface area contributed by atoms with Gasteiger partial charge in [-0.15, -0.1) is 0 Å². The number of pyridine rings is 1. The summed E-state index contributed by atoms with van der Waals surface area (Å²) in [5.74, 6) is -0.171. The van der Waals surface area contributed by atoms with Crippen LogP contribution >= 0.6 is 0 Å². The summed E-state index contributed by atoms with van der Waals surface area (Å²) >= 11 is 0. The monoisotopic (exact) mass is 373 g/mol. The number of hydrogen-bond donors (Lipinski definition) is 2. The molecule has 0 radical (unpaired) electrons. The van der Waals surface area contributed by atoms with Crippen molar-refractivity contribution in [2.45, 2.75) is 39.7 Å². The summed E-state index contributed by atoms with van der Waals surface area (Å²) in [7, 11) is 0. The van der Waals surface area contributed by atoms with E-state index in [9.17, 15) is 4.79 Å². The minimum atomic E-state index is -0.171. The van der Waals surface area contributed by atoms with Crippen molar-refractivity contribution in [1.82, 2.24) is 4.98 Å². The first kappa shape index (κ1) is 19.6. The number of nitrogens with zero attached hydrogens (tertiary/aromatic N) is 1. The van der Waals surface area contributed by atoms with Gasteiger partial charge in [-0.3, -0.25) is 9.78 Å². The van der Waals surface area contributed by atoms with E-state index in [0.29, 0.717) is 12.1 Å². The lowest BCUT2D eigenvalue weighted by atomic mass is 9.87. The van der Waals surface area contributed by atoms with Crippen molar-refractivity contribution in [3.63, 3.8) is 0 Å². The van der Waals surface area contributed by atoms with Crippen molar-refractivity contribution in [2.24, 2.45) is 0 Å². The molecule has 0 aliphatic heterocycles. The van der Waals surface area contributed by atoms with Gasteiger partial charge in [0, 0.05) is 24.6 Å². The van der Waals surface area contributed by atoms with Gasteiger partial charge in [0.25, 0.3) is 5.91 Å². The van der Waals surface area contributed by atoms with Crippen LogP contribution < -0.4 is 10.6 Å². The van der Waals surface area contributed by atoms with E-state index in [2.05, 4.69) is 61.5 Å². The van der Waals surface area contributed by atoms with Gasteiger partial charge in [0.05, 0.1) is 11.3 Å². The highest BCUT2D eigenvalue weighted by Gasteiger charge is 2.13. The number of amides is 1. The van der Waals surface area contributed by atoms with Crippen molar-refractivity contribution in [1.29, 1.82) is 0 Å². The highest BCUT2D eigenvalue weighted by molar-refractivity contribution is 6.04. The van der Waals surface area contributed by atoms with Crippen LogP contribution in [-0.2, 0) is 12.0 Å². The molecular formula is C24H27N3O. The first-order valence-corrected chi connectivity index (χ1v) is 9.48. The molecule has 0 fully saturated rings. The highest BCUT2D eigenvalue weighted by Crippen LogP contribution is 2.23. The largest absolute Gasteiger partial charge is 0.380 e. The molecule has 4 nitrogen and oxygen atoms in total. The second kappa shape index (κ2) is 8.26. The third kappa shape index (κ3) is 5.19. The predicted octanol–water partition coefficient (Wildman–Crippen LogP) is 5.55. The molecule has 1 amide bonds. The zero-order valence-electron chi connectivity index (χ0n) is 16.9. The molecule has 1 aromatic heterocycles. The van der Waals surface area contributed by atoms with Crippen molar-refractivity contribution in [2.75, 3.05) is 10.6 Å². The molecule has 4 heteroatoms. The minimum Gasteiger partial charge on any atom is -0.380 e. The van der Waals surface area contributed by atoms with Crippen LogP contribution in [0.1, 0.15) is 47.8 Å². The molecule has 0 aliphatic carbocycles. The minimum absolute atomic E-state index is 0.0871. The number of aryl methyl sites for hydroxylation is 1. The quantitative estimate of drug-likeness (QED) is 0.616. The molecule has 144 valence electrons.